The lowest BCUT2D eigenvalue weighted by Crippen LogP contribution is -2.02. The quantitative estimate of drug-likeness (QED) is 0.636. The molecule has 122 valence electrons. The second-order valence-electron chi connectivity index (χ2n) is 5.25. The minimum atomic E-state index is -0.119. The third-order valence-corrected chi connectivity index (χ3v) is 4.78. The van der Waals surface area contributed by atoms with Crippen molar-refractivity contribution >= 4 is 45.4 Å². The molecule has 0 fully saturated rings. The highest BCUT2D eigenvalue weighted by atomic mass is 35.5. The fourth-order valence-corrected chi connectivity index (χ4v) is 3.32. The molecule has 0 saturated carbocycles. The van der Waals surface area contributed by atoms with Gasteiger partial charge in [-0.3, -0.25) is 4.79 Å². The van der Waals surface area contributed by atoms with Crippen molar-refractivity contribution in [2.24, 2.45) is 0 Å². The van der Waals surface area contributed by atoms with Crippen LogP contribution in [0.4, 0.5) is 16.6 Å². The normalized spacial score (nSPS) is 10.6. The first kappa shape index (κ1) is 16.5. The van der Waals surface area contributed by atoms with Gasteiger partial charge in [0.05, 0.1) is 0 Å². The van der Waals surface area contributed by atoms with E-state index in [0.29, 0.717) is 20.6 Å². The van der Waals surface area contributed by atoms with Crippen molar-refractivity contribution in [2.75, 3.05) is 11.1 Å². The molecule has 24 heavy (non-hydrogen) atoms. The Morgan fingerprint density at radius 3 is 2.67 bits per heavy atom. The largest absolute Gasteiger partial charge is 0.382 e. The van der Waals surface area contributed by atoms with Crippen LogP contribution in [0.25, 0.3) is 0 Å². The Balaban J connectivity index is 1.83. The van der Waals surface area contributed by atoms with E-state index in [0.717, 1.165) is 12.1 Å². The zero-order valence-corrected chi connectivity index (χ0v) is 14.6. The highest BCUT2D eigenvalue weighted by Gasteiger charge is 2.18. The van der Waals surface area contributed by atoms with Gasteiger partial charge >= 0.3 is 0 Å². The lowest BCUT2D eigenvalue weighted by Gasteiger charge is -2.02. The number of hydrogen-bond donors (Lipinski definition) is 2. The van der Waals surface area contributed by atoms with Crippen LogP contribution in [0.2, 0.25) is 5.02 Å². The van der Waals surface area contributed by atoms with Crippen molar-refractivity contribution in [3.8, 4) is 0 Å². The first-order valence-electron chi connectivity index (χ1n) is 7.49. The van der Waals surface area contributed by atoms with Crippen LogP contribution in [-0.4, -0.2) is 10.8 Å². The highest BCUT2D eigenvalue weighted by Crippen LogP contribution is 2.30. The first-order chi connectivity index (χ1) is 11.6. The van der Waals surface area contributed by atoms with Crippen LogP contribution in [0.1, 0.15) is 27.7 Å². The molecule has 0 spiro atoms. The van der Waals surface area contributed by atoms with Gasteiger partial charge < -0.3 is 11.1 Å². The summed E-state index contributed by atoms with van der Waals surface area (Å²) in [6.45, 7) is 2.08. The van der Waals surface area contributed by atoms with Gasteiger partial charge in [-0.05, 0) is 30.2 Å². The number of nitrogens with zero attached hydrogens (tertiary/aromatic N) is 1. The monoisotopic (exact) mass is 357 g/mol. The van der Waals surface area contributed by atoms with Gasteiger partial charge in [-0.1, -0.05) is 60.2 Å². The molecule has 2 aromatic carbocycles. The molecule has 3 N–H and O–H groups in total. The number of aromatic nitrogens is 1. The molecule has 0 aliphatic rings. The molecule has 3 aromatic rings. The van der Waals surface area contributed by atoms with Crippen LogP contribution in [0.5, 0.6) is 0 Å². The van der Waals surface area contributed by atoms with Crippen molar-refractivity contribution in [3.05, 3.63) is 69.6 Å². The lowest BCUT2D eigenvalue weighted by atomic mass is 10.1. The molecule has 0 amide bonds. The molecule has 4 nitrogen and oxygen atoms in total. The maximum atomic E-state index is 12.6. The van der Waals surface area contributed by atoms with Gasteiger partial charge in [0, 0.05) is 16.3 Å². The molecular weight excluding hydrogens is 342 g/mol. The molecular formula is C18H16ClN3OS. The SMILES string of the molecule is CCc1ccc(C(=O)c2sc(Nc3cccc(Cl)c3)nc2N)cc1. The van der Waals surface area contributed by atoms with Crippen LogP contribution in [0.3, 0.4) is 0 Å². The van der Waals surface area contributed by atoms with E-state index >= 15 is 0 Å². The standard InChI is InChI=1S/C18H16ClN3OS/c1-2-11-6-8-12(9-7-11)15(23)16-17(20)22-18(24-16)21-14-5-3-4-13(19)10-14/h3-10H,2,20H2,1H3,(H,21,22). The van der Waals surface area contributed by atoms with E-state index in [9.17, 15) is 4.79 Å². The van der Waals surface area contributed by atoms with Crippen LogP contribution < -0.4 is 11.1 Å². The zero-order chi connectivity index (χ0) is 17.1. The fourth-order valence-electron chi connectivity index (χ4n) is 2.26. The molecule has 0 atom stereocenters. The summed E-state index contributed by atoms with van der Waals surface area (Å²) in [5.74, 6) is 0.112. The number of carbonyl (C=O) groups excluding carboxylic acids is 1. The number of anilines is 3. The lowest BCUT2D eigenvalue weighted by molar-refractivity contribution is 0.104. The third-order valence-electron chi connectivity index (χ3n) is 3.56. The highest BCUT2D eigenvalue weighted by molar-refractivity contribution is 7.18. The number of ketones is 1. The van der Waals surface area contributed by atoms with Gasteiger partial charge in [-0.2, -0.15) is 0 Å². The molecule has 6 heteroatoms. The molecule has 0 aliphatic carbocycles. The van der Waals surface area contributed by atoms with Gasteiger partial charge in [-0.25, -0.2) is 4.98 Å². The van der Waals surface area contributed by atoms with E-state index < -0.39 is 0 Å². The fraction of sp³-hybridized carbons (Fsp3) is 0.111. The van der Waals surface area contributed by atoms with E-state index in [-0.39, 0.29) is 11.6 Å². The minimum Gasteiger partial charge on any atom is -0.382 e. The number of thiazole rings is 1. The predicted octanol–water partition coefficient (Wildman–Crippen LogP) is 4.92. The summed E-state index contributed by atoms with van der Waals surface area (Å²) in [7, 11) is 0. The van der Waals surface area contributed by atoms with Crippen LogP contribution in [0.15, 0.2) is 48.5 Å². The maximum Gasteiger partial charge on any atom is 0.206 e. The van der Waals surface area contributed by atoms with Gasteiger partial charge in [0.15, 0.2) is 5.13 Å². The molecule has 3 rings (SSSR count). The predicted molar refractivity (Wildman–Crippen MR) is 101 cm³/mol. The molecule has 0 aliphatic heterocycles. The summed E-state index contributed by atoms with van der Waals surface area (Å²) in [6.07, 6.45) is 0.935. The van der Waals surface area contributed by atoms with Gasteiger partial charge in [-0.15, -0.1) is 0 Å². The molecule has 1 aromatic heterocycles. The van der Waals surface area contributed by atoms with Gasteiger partial charge in [0.25, 0.3) is 0 Å². The van der Waals surface area contributed by atoms with Gasteiger partial charge in [0.2, 0.25) is 5.78 Å². The molecule has 1 heterocycles. The first-order valence-corrected chi connectivity index (χ1v) is 8.69. The van der Waals surface area contributed by atoms with Crippen LogP contribution in [0, 0.1) is 0 Å². The van der Waals surface area contributed by atoms with Crippen molar-refractivity contribution < 1.29 is 4.79 Å². The van der Waals surface area contributed by atoms with Crippen molar-refractivity contribution in [2.45, 2.75) is 13.3 Å². The summed E-state index contributed by atoms with van der Waals surface area (Å²) in [4.78, 5) is 17.3. The summed E-state index contributed by atoms with van der Waals surface area (Å²) in [6, 6.07) is 14.8. The number of carbonyl (C=O) groups is 1. The average Bonchev–Trinajstić information content (AvgIpc) is 2.94. The Morgan fingerprint density at radius 2 is 2.00 bits per heavy atom. The summed E-state index contributed by atoms with van der Waals surface area (Å²) in [5, 5.41) is 4.30. The summed E-state index contributed by atoms with van der Waals surface area (Å²) in [5.41, 5.74) is 8.52. The van der Waals surface area contributed by atoms with Crippen LogP contribution >= 0.6 is 22.9 Å². The third kappa shape index (κ3) is 3.58. The Morgan fingerprint density at radius 1 is 1.25 bits per heavy atom. The number of rotatable bonds is 5. The Kier molecular flexibility index (Phi) is 4.83. The maximum absolute atomic E-state index is 12.6. The average molecular weight is 358 g/mol. The van der Waals surface area contributed by atoms with E-state index in [1.54, 1.807) is 12.1 Å². The van der Waals surface area contributed by atoms with Crippen molar-refractivity contribution in [3.63, 3.8) is 0 Å². The number of nitrogen functional groups attached to an aromatic ring is 1. The second kappa shape index (κ2) is 7.03. The number of nitrogens with two attached hydrogens (primary N) is 1. The van der Waals surface area contributed by atoms with Gasteiger partial charge in [0.1, 0.15) is 10.7 Å². The van der Waals surface area contributed by atoms with E-state index in [1.165, 1.54) is 16.9 Å². The van der Waals surface area contributed by atoms with Crippen molar-refractivity contribution in [1.82, 2.24) is 4.98 Å². The Bertz CT molecular complexity index is 874. The number of hydrogen-bond acceptors (Lipinski definition) is 5. The number of halogens is 1. The molecule has 0 radical (unpaired) electrons. The number of nitrogens with one attached hydrogen (secondary N) is 1. The minimum absolute atomic E-state index is 0.119. The smallest absolute Gasteiger partial charge is 0.206 e. The zero-order valence-electron chi connectivity index (χ0n) is 13.0. The molecule has 0 unspecified atom stereocenters. The second-order valence-corrected chi connectivity index (χ2v) is 6.68. The van der Waals surface area contributed by atoms with E-state index in [1.807, 2.05) is 36.4 Å². The summed E-state index contributed by atoms with van der Waals surface area (Å²) < 4.78 is 0. The van der Waals surface area contributed by atoms with E-state index in [4.69, 9.17) is 17.3 Å². The number of benzene rings is 2. The molecule has 0 bridgehead atoms. The van der Waals surface area contributed by atoms with Crippen molar-refractivity contribution in [1.29, 1.82) is 0 Å². The topological polar surface area (TPSA) is 68.0 Å². The summed E-state index contributed by atoms with van der Waals surface area (Å²) >= 11 is 7.20. The number of aryl methyl sites for hydroxylation is 1. The molecule has 0 saturated heterocycles. The Labute approximate surface area is 149 Å². The Hall–Kier alpha value is -2.37. The van der Waals surface area contributed by atoms with E-state index in [2.05, 4.69) is 17.2 Å². The van der Waals surface area contributed by atoms with Crippen LogP contribution in [-0.2, 0) is 6.42 Å².